The smallest absolute Gasteiger partial charge is 0.419 e. The van der Waals surface area contributed by atoms with Crippen molar-refractivity contribution < 1.29 is 17.6 Å². The van der Waals surface area contributed by atoms with Crippen LogP contribution in [0, 0.1) is 6.92 Å². The topological polar surface area (TPSA) is 13.1 Å². The maximum atomic E-state index is 12.4. The summed E-state index contributed by atoms with van der Waals surface area (Å²) < 4.78 is 42.3. The molecule has 0 N–H and O–H groups in total. The van der Waals surface area contributed by atoms with Crippen LogP contribution >= 0.6 is 0 Å². The van der Waals surface area contributed by atoms with Gasteiger partial charge >= 0.3 is 6.18 Å². The largest absolute Gasteiger partial charge is 0.468 e. The van der Waals surface area contributed by atoms with Crippen LogP contribution < -0.4 is 0 Å². The van der Waals surface area contributed by atoms with Gasteiger partial charge in [0.15, 0.2) is 0 Å². The quantitative estimate of drug-likeness (QED) is 0.671. The van der Waals surface area contributed by atoms with Crippen molar-refractivity contribution in [3.8, 4) is 0 Å². The van der Waals surface area contributed by atoms with Gasteiger partial charge in [0.2, 0.25) is 0 Å². The van der Waals surface area contributed by atoms with Gasteiger partial charge in [0.1, 0.15) is 12.0 Å². The van der Waals surface area contributed by atoms with Crippen LogP contribution in [0.3, 0.4) is 0 Å². The molecule has 1 aromatic rings. The van der Waals surface area contributed by atoms with Crippen LogP contribution in [0.25, 0.3) is 0 Å². The first-order chi connectivity index (χ1) is 7.46. The summed E-state index contributed by atoms with van der Waals surface area (Å²) in [4.78, 5) is 0. The highest BCUT2D eigenvalue weighted by molar-refractivity contribution is 5.28. The van der Waals surface area contributed by atoms with Gasteiger partial charge in [0.25, 0.3) is 0 Å². The molecule has 16 heavy (non-hydrogen) atoms. The lowest BCUT2D eigenvalue weighted by Crippen LogP contribution is -2.05. The fraction of sp³-hybridized carbons (Fsp3) is 0.667. The SMILES string of the molecule is CCCCCCc1occ(C(F)(F)F)c1C. The lowest BCUT2D eigenvalue weighted by molar-refractivity contribution is -0.138. The molecular weight excluding hydrogens is 217 g/mol. The predicted molar refractivity (Wildman–Crippen MR) is 56.3 cm³/mol. The number of halogens is 3. The summed E-state index contributed by atoms with van der Waals surface area (Å²) in [6.45, 7) is 3.57. The van der Waals surface area contributed by atoms with Gasteiger partial charge in [-0.25, -0.2) is 0 Å². The molecular formula is C12H17F3O. The van der Waals surface area contributed by atoms with Gasteiger partial charge in [0.05, 0.1) is 5.56 Å². The van der Waals surface area contributed by atoms with Crippen LogP contribution in [0.4, 0.5) is 13.2 Å². The maximum absolute atomic E-state index is 12.4. The summed E-state index contributed by atoms with van der Waals surface area (Å²) in [5.41, 5.74) is -0.401. The molecule has 0 aliphatic heterocycles. The van der Waals surface area contributed by atoms with Gasteiger partial charge in [-0.15, -0.1) is 0 Å². The zero-order chi connectivity index (χ0) is 12.2. The number of hydrogen-bond donors (Lipinski definition) is 0. The van der Waals surface area contributed by atoms with E-state index in [2.05, 4.69) is 6.92 Å². The molecule has 0 spiro atoms. The Balaban J connectivity index is 2.59. The number of hydrogen-bond acceptors (Lipinski definition) is 1. The van der Waals surface area contributed by atoms with E-state index in [0.717, 1.165) is 31.9 Å². The Kier molecular flexibility index (Phi) is 4.44. The minimum atomic E-state index is -4.30. The van der Waals surface area contributed by atoms with E-state index in [4.69, 9.17) is 4.42 Å². The molecule has 0 radical (unpaired) electrons. The Bertz CT molecular complexity index is 325. The molecule has 0 aliphatic carbocycles. The minimum absolute atomic E-state index is 0.240. The van der Waals surface area contributed by atoms with Crippen LogP contribution in [0.1, 0.15) is 49.5 Å². The molecule has 1 heterocycles. The van der Waals surface area contributed by atoms with Gasteiger partial charge in [-0.05, 0) is 13.3 Å². The molecule has 0 atom stereocenters. The molecule has 0 saturated carbocycles. The molecule has 1 aromatic heterocycles. The van der Waals surface area contributed by atoms with Crippen molar-refractivity contribution in [2.75, 3.05) is 0 Å². The Morgan fingerprint density at radius 1 is 1.19 bits per heavy atom. The Hall–Kier alpha value is -0.930. The summed E-state index contributed by atoms with van der Waals surface area (Å²) in [6, 6.07) is 0. The van der Waals surface area contributed by atoms with Crippen molar-refractivity contribution in [1.82, 2.24) is 0 Å². The third-order valence-corrected chi connectivity index (χ3v) is 2.70. The van der Waals surface area contributed by atoms with Crippen LogP contribution in [0.5, 0.6) is 0 Å². The Morgan fingerprint density at radius 3 is 2.38 bits per heavy atom. The van der Waals surface area contributed by atoms with Crippen molar-refractivity contribution in [1.29, 1.82) is 0 Å². The standard InChI is InChI=1S/C12H17F3O/c1-3-4-5-6-7-11-9(2)10(8-16-11)12(13,14)15/h8H,3-7H2,1-2H3. The van der Waals surface area contributed by atoms with Crippen LogP contribution in [-0.2, 0) is 12.6 Å². The fourth-order valence-electron chi connectivity index (χ4n) is 1.70. The normalized spacial score (nSPS) is 12.1. The van der Waals surface area contributed by atoms with E-state index in [1.54, 1.807) is 0 Å². The lowest BCUT2D eigenvalue weighted by atomic mass is 10.1. The molecule has 0 aliphatic rings. The van der Waals surface area contributed by atoms with Crippen molar-refractivity contribution in [3.63, 3.8) is 0 Å². The van der Waals surface area contributed by atoms with Crippen molar-refractivity contribution in [2.24, 2.45) is 0 Å². The molecule has 0 saturated heterocycles. The van der Waals surface area contributed by atoms with Gasteiger partial charge in [-0.3, -0.25) is 0 Å². The monoisotopic (exact) mass is 234 g/mol. The number of furan rings is 1. The zero-order valence-electron chi connectivity index (χ0n) is 9.66. The van der Waals surface area contributed by atoms with Crippen LogP contribution in [0.15, 0.2) is 10.7 Å². The number of rotatable bonds is 5. The third-order valence-electron chi connectivity index (χ3n) is 2.70. The van der Waals surface area contributed by atoms with Gasteiger partial charge in [0, 0.05) is 12.0 Å². The van der Waals surface area contributed by atoms with Gasteiger partial charge in [-0.2, -0.15) is 13.2 Å². The first kappa shape index (κ1) is 13.1. The van der Waals surface area contributed by atoms with E-state index >= 15 is 0 Å². The molecule has 0 amide bonds. The van der Waals surface area contributed by atoms with E-state index < -0.39 is 11.7 Å². The van der Waals surface area contributed by atoms with E-state index in [9.17, 15) is 13.2 Å². The van der Waals surface area contributed by atoms with Crippen LogP contribution in [0.2, 0.25) is 0 Å². The van der Waals surface area contributed by atoms with E-state index in [-0.39, 0.29) is 5.56 Å². The minimum Gasteiger partial charge on any atom is -0.468 e. The number of alkyl halides is 3. The van der Waals surface area contributed by atoms with E-state index in [1.165, 1.54) is 6.92 Å². The summed E-state index contributed by atoms with van der Waals surface area (Å²) in [6.07, 6.45) is 1.29. The van der Waals surface area contributed by atoms with Crippen molar-refractivity contribution in [3.05, 3.63) is 23.2 Å². The summed E-state index contributed by atoms with van der Waals surface area (Å²) in [5.74, 6) is 0.475. The molecule has 92 valence electrons. The third kappa shape index (κ3) is 3.29. The van der Waals surface area contributed by atoms with E-state index in [0.29, 0.717) is 12.2 Å². The molecule has 1 rings (SSSR count). The predicted octanol–water partition coefficient (Wildman–Crippen LogP) is 4.73. The summed E-state index contributed by atoms with van der Waals surface area (Å²) in [5, 5.41) is 0. The molecule has 0 fully saturated rings. The average molecular weight is 234 g/mol. The second-order valence-electron chi connectivity index (χ2n) is 4.01. The summed E-state index contributed by atoms with van der Waals surface area (Å²) >= 11 is 0. The first-order valence-corrected chi connectivity index (χ1v) is 5.61. The fourth-order valence-corrected chi connectivity index (χ4v) is 1.70. The summed E-state index contributed by atoms with van der Waals surface area (Å²) in [7, 11) is 0. The highest BCUT2D eigenvalue weighted by atomic mass is 19.4. The molecule has 0 bridgehead atoms. The highest BCUT2D eigenvalue weighted by Crippen LogP contribution is 2.34. The molecule has 4 heteroatoms. The Morgan fingerprint density at radius 2 is 1.88 bits per heavy atom. The van der Waals surface area contributed by atoms with E-state index in [1.807, 2.05) is 0 Å². The number of aryl methyl sites for hydroxylation is 1. The first-order valence-electron chi connectivity index (χ1n) is 5.61. The lowest BCUT2D eigenvalue weighted by Gasteiger charge is -2.04. The zero-order valence-corrected chi connectivity index (χ0v) is 9.66. The van der Waals surface area contributed by atoms with Gasteiger partial charge in [-0.1, -0.05) is 26.2 Å². The molecule has 1 nitrogen and oxygen atoms in total. The van der Waals surface area contributed by atoms with Crippen LogP contribution in [-0.4, -0.2) is 0 Å². The second kappa shape index (κ2) is 5.41. The number of unbranched alkanes of at least 4 members (excludes halogenated alkanes) is 3. The maximum Gasteiger partial charge on any atom is 0.419 e. The van der Waals surface area contributed by atoms with Crippen molar-refractivity contribution in [2.45, 2.75) is 52.1 Å². The van der Waals surface area contributed by atoms with Crippen molar-refractivity contribution >= 4 is 0 Å². The second-order valence-corrected chi connectivity index (χ2v) is 4.01. The molecule has 0 aromatic carbocycles. The molecule has 0 unspecified atom stereocenters. The Labute approximate surface area is 93.6 Å². The van der Waals surface area contributed by atoms with Gasteiger partial charge < -0.3 is 4.42 Å². The highest BCUT2D eigenvalue weighted by Gasteiger charge is 2.35. The average Bonchev–Trinajstić information content (AvgIpc) is 2.54.